The number of nitrogens with two attached hydrogens (primary N) is 1. The summed E-state index contributed by atoms with van der Waals surface area (Å²) < 4.78 is 2.16. The lowest BCUT2D eigenvalue weighted by molar-refractivity contribution is -0.138. The molecule has 6 rings (SSSR count). The number of piperidine rings is 1. The fraction of sp³-hybridized carbons (Fsp3) is 0.321. The lowest BCUT2D eigenvalue weighted by Gasteiger charge is -2.28. The largest absolute Gasteiger partial charge is 0.368 e. The van der Waals surface area contributed by atoms with Gasteiger partial charge in [0, 0.05) is 36.8 Å². The fourth-order valence-corrected chi connectivity index (χ4v) is 6.09. The van der Waals surface area contributed by atoms with E-state index < -0.39 is 6.04 Å². The Bertz CT molecular complexity index is 1690. The van der Waals surface area contributed by atoms with Crippen molar-refractivity contribution in [3.63, 3.8) is 0 Å². The molecule has 1 aromatic carbocycles. The van der Waals surface area contributed by atoms with E-state index in [0.29, 0.717) is 33.8 Å². The molecule has 204 valence electrons. The minimum Gasteiger partial charge on any atom is -0.368 e. The van der Waals surface area contributed by atoms with Gasteiger partial charge in [-0.2, -0.15) is 5.10 Å². The molecule has 4 aromatic rings. The van der Waals surface area contributed by atoms with E-state index in [1.165, 1.54) is 6.92 Å². The third kappa shape index (κ3) is 4.51. The first kappa shape index (κ1) is 26.1. The van der Waals surface area contributed by atoms with Crippen LogP contribution in [-0.4, -0.2) is 59.8 Å². The summed E-state index contributed by atoms with van der Waals surface area (Å²) in [7, 11) is 0. The van der Waals surface area contributed by atoms with Crippen LogP contribution in [0.5, 0.6) is 0 Å². The van der Waals surface area contributed by atoms with Gasteiger partial charge in [-0.3, -0.25) is 19.1 Å². The second-order valence-electron chi connectivity index (χ2n) is 10.5. The molecule has 4 atom stereocenters. The number of hydrogen-bond acceptors (Lipinski definition) is 8. The number of fused-ring (bicyclic) bond motifs is 2. The van der Waals surface area contributed by atoms with E-state index in [9.17, 15) is 14.4 Å². The van der Waals surface area contributed by atoms with E-state index in [-0.39, 0.29) is 47.6 Å². The molecule has 0 radical (unpaired) electrons. The van der Waals surface area contributed by atoms with Crippen LogP contribution in [0.2, 0.25) is 0 Å². The zero-order valence-electron chi connectivity index (χ0n) is 22.1. The van der Waals surface area contributed by atoms with Gasteiger partial charge in [-0.05, 0) is 69.9 Å². The normalized spacial score (nSPS) is 21.4. The van der Waals surface area contributed by atoms with Crippen molar-refractivity contribution in [3.05, 3.63) is 58.6 Å². The molecule has 1 saturated carbocycles. The fourth-order valence-electron chi connectivity index (χ4n) is 5.78. The molecule has 2 amide bonds. The highest BCUT2D eigenvalue weighted by molar-refractivity contribution is 9.10. The smallest absolute Gasteiger partial charge is 0.248 e. The maximum absolute atomic E-state index is 13.7. The zero-order chi connectivity index (χ0) is 28.3. The quantitative estimate of drug-likeness (QED) is 0.251. The van der Waals surface area contributed by atoms with E-state index >= 15 is 0 Å². The Morgan fingerprint density at radius 3 is 2.60 bits per heavy atom. The molecule has 4 heterocycles. The van der Waals surface area contributed by atoms with Crippen molar-refractivity contribution in [2.24, 2.45) is 17.8 Å². The molecule has 2 aliphatic rings. The van der Waals surface area contributed by atoms with Gasteiger partial charge in [0.1, 0.15) is 28.7 Å². The van der Waals surface area contributed by atoms with E-state index in [2.05, 4.69) is 48.2 Å². The summed E-state index contributed by atoms with van der Waals surface area (Å²) in [6, 6.07) is 8.60. The number of benzene rings is 1. The van der Waals surface area contributed by atoms with Gasteiger partial charge in [0.15, 0.2) is 5.78 Å². The van der Waals surface area contributed by atoms with Crippen molar-refractivity contribution in [1.82, 2.24) is 29.6 Å². The number of amides is 2. The summed E-state index contributed by atoms with van der Waals surface area (Å²) in [5, 5.41) is 8.06. The van der Waals surface area contributed by atoms with E-state index in [1.807, 2.05) is 37.3 Å². The number of carbonyl (C=O) groups is 3. The van der Waals surface area contributed by atoms with Crippen LogP contribution in [-0.2, 0) is 16.1 Å². The molecule has 4 unspecified atom stereocenters. The molecular formula is C28H27BrN8O3. The van der Waals surface area contributed by atoms with Crippen LogP contribution < -0.4 is 11.1 Å². The van der Waals surface area contributed by atoms with E-state index in [4.69, 9.17) is 5.73 Å². The molecule has 0 spiro atoms. The van der Waals surface area contributed by atoms with Crippen molar-refractivity contribution >= 4 is 56.2 Å². The standard InChI is InChI=1S/C28H27BrN8O3/c1-13-4-7-21(29)33-26(13)34-27(40)25-23-14(2)19(23)11-36(25)22(39)12-37-20-6-5-16(17-9-31-28(30)32-10-17)8-18(20)24(35-37)15(3)38/h4-10,14,19,23,25H,11-12H2,1-3H3,(H2,30,31,32)(H,33,34,40). The number of carbonyl (C=O) groups excluding carboxylic acids is 3. The number of ketones is 1. The second kappa shape index (κ2) is 9.77. The topological polar surface area (TPSA) is 149 Å². The van der Waals surface area contributed by atoms with Gasteiger partial charge in [-0.15, -0.1) is 0 Å². The minimum atomic E-state index is -0.598. The van der Waals surface area contributed by atoms with Crippen molar-refractivity contribution < 1.29 is 14.4 Å². The molecule has 2 fully saturated rings. The molecule has 1 aliphatic heterocycles. The number of nitrogens with one attached hydrogen (secondary N) is 1. The van der Waals surface area contributed by atoms with Crippen LogP contribution in [0, 0.1) is 24.7 Å². The number of rotatable bonds is 6. The van der Waals surface area contributed by atoms with Crippen LogP contribution in [0.3, 0.4) is 0 Å². The highest BCUT2D eigenvalue weighted by atomic mass is 79.9. The first-order valence-electron chi connectivity index (χ1n) is 12.9. The predicted octanol–water partition coefficient (Wildman–Crippen LogP) is 3.48. The monoisotopic (exact) mass is 602 g/mol. The molecular weight excluding hydrogens is 576 g/mol. The lowest BCUT2D eigenvalue weighted by Crippen LogP contribution is -2.48. The van der Waals surface area contributed by atoms with Gasteiger partial charge < -0.3 is 16.0 Å². The van der Waals surface area contributed by atoms with Gasteiger partial charge in [-0.25, -0.2) is 15.0 Å². The average molecular weight is 603 g/mol. The first-order chi connectivity index (χ1) is 19.1. The Hall–Kier alpha value is -4.19. The molecule has 0 bridgehead atoms. The minimum absolute atomic E-state index is 0.0973. The lowest BCUT2D eigenvalue weighted by atomic mass is 10.0. The van der Waals surface area contributed by atoms with Crippen molar-refractivity contribution in [2.75, 3.05) is 17.6 Å². The Morgan fingerprint density at radius 2 is 1.88 bits per heavy atom. The molecule has 40 heavy (non-hydrogen) atoms. The van der Waals surface area contributed by atoms with Crippen molar-refractivity contribution in [1.29, 1.82) is 0 Å². The Kier molecular flexibility index (Phi) is 6.37. The average Bonchev–Trinajstić information content (AvgIpc) is 3.25. The molecule has 11 nitrogen and oxygen atoms in total. The van der Waals surface area contributed by atoms with Gasteiger partial charge in [0.2, 0.25) is 17.8 Å². The highest BCUT2D eigenvalue weighted by Gasteiger charge is 2.62. The molecule has 3 N–H and O–H groups in total. The molecule has 1 saturated heterocycles. The summed E-state index contributed by atoms with van der Waals surface area (Å²) in [5.74, 6) is 0.693. The van der Waals surface area contributed by atoms with Crippen LogP contribution in [0.25, 0.3) is 22.0 Å². The van der Waals surface area contributed by atoms with Crippen LogP contribution >= 0.6 is 15.9 Å². The van der Waals surface area contributed by atoms with E-state index in [1.54, 1.807) is 22.0 Å². The summed E-state index contributed by atoms with van der Waals surface area (Å²) >= 11 is 3.35. The molecule has 3 aromatic heterocycles. The number of pyridine rings is 1. The number of nitrogen functional groups attached to an aromatic ring is 1. The third-order valence-electron chi connectivity index (χ3n) is 8.01. The summed E-state index contributed by atoms with van der Waals surface area (Å²) in [5.41, 5.74) is 8.89. The van der Waals surface area contributed by atoms with Gasteiger partial charge in [0.25, 0.3) is 0 Å². The van der Waals surface area contributed by atoms with Crippen molar-refractivity contribution in [3.8, 4) is 11.1 Å². The number of anilines is 2. The number of nitrogens with zero attached hydrogens (tertiary/aromatic N) is 6. The van der Waals surface area contributed by atoms with Crippen LogP contribution in [0.15, 0.2) is 47.3 Å². The molecule has 1 aliphatic carbocycles. The Balaban J connectivity index is 1.28. The Labute approximate surface area is 238 Å². The summed E-state index contributed by atoms with van der Waals surface area (Å²) in [6.07, 6.45) is 3.22. The van der Waals surface area contributed by atoms with Crippen LogP contribution in [0.1, 0.15) is 29.9 Å². The van der Waals surface area contributed by atoms with Crippen LogP contribution in [0.4, 0.5) is 11.8 Å². The zero-order valence-corrected chi connectivity index (χ0v) is 23.7. The van der Waals surface area contributed by atoms with E-state index in [0.717, 1.165) is 16.7 Å². The number of aromatic nitrogens is 5. The van der Waals surface area contributed by atoms with Crippen molar-refractivity contribution in [2.45, 2.75) is 33.4 Å². The second-order valence-corrected chi connectivity index (χ2v) is 11.3. The number of aryl methyl sites for hydroxylation is 1. The maximum Gasteiger partial charge on any atom is 0.248 e. The SMILES string of the molecule is CC(=O)c1nn(CC(=O)N2CC3C(C)C3C2C(=O)Nc2nc(Br)ccc2C)c2ccc(-c3cnc(N)nc3)cc12. The first-order valence-corrected chi connectivity index (χ1v) is 13.7. The number of likely N-dealkylation sites (tertiary alicyclic amines) is 1. The maximum atomic E-state index is 13.7. The van der Waals surface area contributed by atoms with Gasteiger partial charge >= 0.3 is 0 Å². The van der Waals surface area contributed by atoms with Gasteiger partial charge in [0.05, 0.1) is 5.52 Å². The number of halogens is 1. The molecule has 12 heteroatoms. The Morgan fingerprint density at radius 1 is 1.12 bits per heavy atom. The third-order valence-corrected chi connectivity index (χ3v) is 8.45. The summed E-state index contributed by atoms with van der Waals surface area (Å²) in [4.78, 5) is 53.8. The number of hydrogen-bond donors (Lipinski definition) is 2. The number of Topliss-reactive ketones (excluding diaryl/α,β-unsaturated/α-hetero) is 1. The highest BCUT2D eigenvalue weighted by Crippen LogP contribution is 2.55. The predicted molar refractivity (Wildman–Crippen MR) is 152 cm³/mol. The van der Waals surface area contributed by atoms with Gasteiger partial charge in [-0.1, -0.05) is 19.1 Å². The summed E-state index contributed by atoms with van der Waals surface area (Å²) in [6.45, 7) is 5.84.